The maximum Gasteiger partial charge on any atom is 0.137 e. The third-order valence-corrected chi connectivity index (χ3v) is 4.70. The van der Waals surface area contributed by atoms with E-state index >= 15 is 0 Å². The first-order valence-electron chi connectivity index (χ1n) is 6.66. The van der Waals surface area contributed by atoms with E-state index in [9.17, 15) is 4.39 Å². The molecule has 0 saturated heterocycles. The molecule has 2 aromatic carbocycles. The molecule has 0 saturated carbocycles. The van der Waals surface area contributed by atoms with Crippen molar-refractivity contribution in [2.75, 3.05) is 12.3 Å². The van der Waals surface area contributed by atoms with Crippen LogP contribution in [0.25, 0.3) is 0 Å². The van der Waals surface area contributed by atoms with Gasteiger partial charge in [-0.3, -0.25) is 4.90 Å². The van der Waals surface area contributed by atoms with Crippen LogP contribution in [0.1, 0.15) is 16.7 Å². The number of nitrogens with zero attached hydrogens (tertiary/aromatic N) is 1. The van der Waals surface area contributed by atoms with Crippen molar-refractivity contribution in [3.05, 3.63) is 63.4 Å². The molecule has 3 rings (SSSR count). The number of halogens is 2. The number of nitrogens with two attached hydrogens (primary N) is 1. The first kappa shape index (κ1) is 13.6. The minimum Gasteiger partial charge on any atom is -0.398 e. The summed E-state index contributed by atoms with van der Waals surface area (Å²) in [5.41, 5.74) is 10.4. The Morgan fingerprint density at radius 3 is 2.85 bits per heavy atom. The summed E-state index contributed by atoms with van der Waals surface area (Å²) in [6.45, 7) is 2.52. The van der Waals surface area contributed by atoms with Crippen molar-refractivity contribution < 1.29 is 4.39 Å². The van der Waals surface area contributed by atoms with Gasteiger partial charge in [-0.2, -0.15) is 0 Å². The van der Waals surface area contributed by atoms with Crippen LogP contribution in [0.2, 0.25) is 0 Å². The Bertz CT molecular complexity index is 642. The van der Waals surface area contributed by atoms with Gasteiger partial charge in [-0.05, 0) is 51.2 Å². The molecule has 0 bridgehead atoms. The molecule has 0 aromatic heterocycles. The zero-order valence-corrected chi connectivity index (χ0v) is 12.7. The molecule has 2 aromatic rings. The van der Waals surface area contributed by atoms with Crippen LogP contribution in [0.4, 0.5) is 10.1 Å². The van der Waals surface area contributed by atoms with E-state index in [0.717, 1.165) is 37.3 Å². The Hall–Kier alpha value is -1.39. The van der Waals surface area contributed by atoms with E-state index in [1.54, 1.807) is 6.07 Å². The Morgan fingerprint density at radius 2 is 2.00 bits per heavy atom. The number of benzene rings is 2. The molecule has 0 amide bonds. The van der Waals surface area contributed by atoms with Gasteiger partial charge >= 0.3 is 0 Å². The topological polar surface area (TPSA) is 29.3 Å². The van der Waals surface area contributed by atoms with Gasteiger partial charge in [0.15, 0.2) is 0 Å². The molecule has 1 heterocycles. The highest BCUT2D eigenvalue weighted by atomic mass is 79.9. The van der Waals surface area contributed by atoms with Crippen molar-refractivity contribution in [3.8, 4) is 0 Å². The van der Waals surface area contributed by atoms with E-state index < -0.39 is 0 Å². The van der Waals surface area contributed by atoms with E-state index in [0.29, 0.717) is 4.47 Å². The van der Waals surface area contributed by atoms with Gasteiger partial charge in [-0.15, -0.1) is 0 Å². The smallest absolute Gasteiger partial charge is 0.137 e. The van der Waals surface area contributed by atoms with Gasteiger partial charge in [0.05, 0.1) is 4.47 Å². The zero-order valence-electron chi connectivity index (χ0n) is 11.1. The molecular weight excluding hydrogens is 319 g/mol. The van der Waals surface area contributed by atoms with Crippen molar-refractivity contribution in [1.29, 1.82) is 0 Å². The Labute approximate surface area is 126 Å². The molecule has 4 heteroatoms. The fraction of sp³-hybridized carbons (Fsp3) is 0.250. The molecule has 1 aliphatic heterocycles. The van der Waals surface area contributed by atoms with Crippen molar-refractivity contribution in [2.45, 2.75) is 19.5 Å². The third-order valence-electron chi connectivity index (χ3n) is 3.81. The number of anilines is 1. The summed E-state index contributed by atoms with van der Waals surface area (Å²) < 4.78 is 14.1. The molecule has 2 N–H and O–H groups in total. The highest BCUT2D eigenvalue weighted by Crippen LogP contribution is 2.27. The van der Waals surface area contributed by atoms with Gasteiger partial charge < -0.3 is 5.73 Å². The second-order valence-corrected chi connectivity index (χ2v) is 5.95. The number of hydrogen-bond acceptors (Lipinski definition) is 2. The van der Waals surface area contributed by atoms with Crippen LogP contribution >= 0.6 is 15.9 Å². The molecule has 20 heavy (non-hydrogen) atoms. The summed E-state index contributed by atoms with van der Waals surface area (Å²) in [5, 5.41) is 0. The highest BCUT2D eigenvalue weighted by Gasteiger charge is 2.19. The first-order chi connectivity index (χ1) is 9.65. The van der Waals surface area contributed by atoms with E-state index in [4.69, 9.17) is 5.73 Å². The van der Waals surface area contributed by atoms with E-state index in [-0.39, 0.29) is 5.82 Å². The highest BCUT2D eigenvalue weighted by molar-refractivity contribution is 9.10. The summed E-state index contributed by atoms with van der Waals surface area (Å²) in [4.78, 5) is 2.30. The summed E-state index contributed by atoms with van der Waals surface area (Å²) in [6, 6.07) is 11.3. The van der Waals surface area contributed by atoms with Gasteiger partial charge in [0.1, 0.15) is 5.82 Å². The molecule has 1 aliphatic rings. The van der Waals surface area contributed by atoms with Crippen LogP contribution < -0.4 is 5.73 Å². The molecule has 0 spiro atoms. The Kier molecular flexibility index (Phi) is 3.76. The van der Waals surface area contributed by atoms with Gasteiger partial charge in [0.25, 0.3) is 0 Å². The SMILES string of the molecule is Nc1cccc2c1CN(Cc1cccc(F)c1Br)CC2. The van der Waals surface area contributed by atoms with Crippen LogP contribution in [0.5, 0.6) is 0 Å². The minimum atomic E-state index is -0.209. The normalized spacial score (nSPS) is 15.1. The number of fused-ring (bicyclic) bond motifs is 1. The number of rotatable bonds is 2. The summed E-state index contributed by atoms with van der Waals surface area (Å²) in [7, 11) is 0. The Balaban J connectivity index is 1.81. The monoisotopic (exact) mass is 334 g/mol. The van der Waals surface area contributed by atoms with Gasteiger partial charge in [0.2, 0.25) is 0 Å². The summed E-state index contributed by atoms with van der Waals surface area (Å²) in [6.07, 6.45) is 0.993. The predicted octanol–water partition coefficient (Wildman–Crippen LogP) is 3.73. The van der Waals surface area contributed by atoms with E-state index in [2.05, 4.69) is 26.9 Å². The standard InChI is InChI=1S/C16H16BrFN2/c17-16-12(4-1-5-14(16)18)9-20-8-7-11-3-2-6-15(19)13(11)10-20/h1-6H,7-10,19H2. The van der Waals surface area contributed by atoms with Crippen LogP contribution in [0.3, 0.4) is 0 Å². The average molecular weight is 335 g/mol. The quantitative estimate of drug-likeness (QED) is 0.848. The second-order valence-electron chi connectivity index (χ2n) is 5.16. The van der Waals surface area contributed by atoms with Crippen molar-refractivity contribution in [2.24, 2.45) is 0 Å². The molecule has 0 aliphatic carbocycles. The molecule has 0 fully saturated rings. The van der Waals surface area contributed by atoms with Gasteiger partial charge in [0, 0.05) is 25.3 Å². The lowest BCUT2D eigenvalue weighted by Gasteiger charge is -2.30. The Morgan fingerprint density at radius 1 is 1.20 bits per heavy atom. The van der Waals surface area contributed by atoms with Crippen LogP contribution in [-0.2, 0) is 19.5 Å². The number of nitrogen functional groups attached to an aromatic ring is 1. The summed E-state index contributed by atoms with van der Waals surface area (Å²) in [5.74, 6) is -0.209. The average Bonchev–Trinajstić information content (AvgIpc) is 2.45. The lowest BCUT2D eigenvalue weighted by atomic mass is 9.98. The number of hydrogen-bond donors (Lipinski definition) is 1. The predicted molar refractivity (Wildman–Crippen MR) is 82.8 cm³/mol. The van der Waals surface area contributed by atoms with Crippen LogP contribution in [0.15, 0.2) is 40.9 Å². The molecular formula is C16H16BrFN2. The third kappa shape index (κ3) is 2.58. The maximum absolute atomic E-state index is 13.6. The lowest BCUT2D eigenvalue weighted by molar-refractivity contribution is 0.245. The maximum atomic E-state index is 13.6. The molecule has 0 unspecified atom stereocenters. The van der Waals surface area contributed by atoms with Crippen molar-refractivity contribution >= 4 is 21.6 Å². The first-order valence-corrected chi connectivity index (χ1v) is 7.46. The molecule has 0 atom stereocenters. The van der Waals surface area contributed by atoms with E-state index in [1.807, 2.05) is 18.2 Å². The van der Waals surface area contributed by atoms with Crippen molar-refractivity contribution in [3.63, 3.8) is 0 Å². The van der Waals surface area contributed by atoms with Crippen molar-refractivity contribution in [1.82, 2.24) is 4.90 Å². The van der Waals surface area contributed by atoms with Gasteiger partial charge in [-0.25, -0.2) is 4.39 Å². The molecule has 0 radical (unpaired) electrons. The van der Waals surface area contributed by atoms with Crippen LogP contribution in [-0.4, -0.2) is 11.4 Å². The molecule has 104 valence electrons. The second kappa shape index (κ2) is 5.54. The minimum absolute atomic E-state index is 0.209. The fourth-order valence-corrected chi connectivity index (χ4v) is 3.10. The zero-order chi connectivity index (χ0) is 14.1. The fourth-order valence-electron chi connectivity index (χ4n) is 2.71. The largest absolute Gasteiger partial charge is 0.398 e. The van der Waals surface area contributed by atoms with Crippen LogP contribution in [0, 0.1) is 5.82 Å². The lowest BCUT2D eigenvalue weighted by Crippen LogP contribution is -2.30. The molecule has 2 nitrogen and oxygen atoms in total. The van der Waals surface area contributed by atoms with Gasteiger partial charge in [-0.1, -0.05) is 24.3 Å². The summed E-state index contributed by atoms with van der Waals surface area (Å²) >= 11 is 3.33. The van der Waals surface area contributed by atoms with E-state index in [1.165, 1.54) is 17.2 Å².